The summed E-state index contributed by atoms with van der Waals surface area (Å²) in [5.41, 5.74) is -0.223. The van der Waals surface area contributed by atoms with Gasteiger partial charge in [-0.2, -0.15) is 0 Å². The summed E-state index contributed by atoms with van der Waals surface area (Å²) >= 11 is 0.581. The molecule has 0 saturated carbocycles. The number of aliphatic hydroxyl groups is 1. The minimum atomic E-state index is -0.223. The van der Waals surface area contributed by atoms with Crippen LogP contribution >= 0.6 is 0 Å². The van der Waals surface area contributed by atoms with Crippen LogP contribution in [0.5, 0.6) is 0 Å². The number of aliphatic hydroxyl groups excluding tert-OH is 1. The Morgan fingerprint density at radius 1 is 1.08 bits per heavy atom. The van der Waals surface area contributed by atoms with Crippen LogP contribution in [0, 0.1) is 0 Å². The molecule has 1 heterocycles. The number of rotatable bonds is 7. The average Bonchev–Trinajstić information content (AvgIpc) is 3.05. The molecule has 26 heavy (non-hydrogen) atoms. The Hall–Kier alpha value is -0.601. The molecule has 1 aliphatic heterocycles. The standard InChI is InChI=1S/C22H28O2Se2/c1-21(2,26-18-12-8-5-9-13-18)19-14-15-22(3,24-19)20(16-23)25-17-10-6-4-7-11-17/h4-13,19-20,23H,14-16H2,1-3H3. The Bertz CT molecular complexity index is 690. The summed E-state index contributed by atoms with van der Waals surface area (Å²) < 4.78 is 9.59. The second kappa shape index (κ2) is 8.61. The zero-order valence-corrected chi connectivity index (χ0v) is 19.1. The fourth-order valence-corrected chi connectivity index (χ4v) is 8.37. The van der Waals surface area contributed by atoms with E-state index in [4.69, 9.17) is 4.74 Å². The molecule has 2 aromatic rings. The maximum atomic E-state index is 10.1. The molecule has 2 nitrogen and oxygen atoms in total. The summed E-state index contributed by atoms with van der Waals surface area (Å²) in [6, 6.07) is 21.3. The first-order valence-corrected chi connectivity index (χ1v) is 12.7. The van der Waals surface area contributed by atoms with Crippen molar-refractivity contribution in [2.75, 3.05) is 6.61 Å². The van der Waals surface area contributed by atoms with Crippen molar-refractivity contribution in [3.63, 3.8) is 0 Å². The summed E-state index contributed by atoms with van der Waals surface area (Å²) in [6.45, 7) is 7.09. The zero-order valence-electron chi connectivity index (χ0n) is 15.7. The van der Waals surface area contributed by atoms with Gasteiger partial charge in [0.15, 0.2) is 0 Å². The predicted molar refractivity (Wildman–Crippen MR) is 111 cm³/mol. The monoisotopic (exact) mass is 484 g/mol. The van der Waals surface area contributed by atoms with Gasteiger partial charge >= 0.3 is 170 Å². The Labute approximate surface area is 170 Å². The normalized spacial score (nSPS) is 24.5. The van der Waals surface area contributed by atoms with E-state index < -0.39 is 0 Å². The van der Waals surface area contributed by atoms with E-state index in [0.29, 0.717) is 15.0 Å². The predicted octanol–water partition coefficient (Wildman–Crippen LogP) is 2.96. The third kappa shape index (κ3) is 4.81. The molecule has 3 rings (SSSR count). The van der Waals surface area contributed by atoms with Gasteiger partial charge in [0.05, 0.1) is 0 Å². The quantitative estimate of drug-likeness (QED) is 0.616. The van der Waals surface area contributed by atoms with E-state index in [9.17, 15) is 5.11 Å². The third-order valence-corrected chi connectivity index (χ3v) is 10.9. The number of ether oxygens (including phenoxy) is 1. The molecule has 3 unspecified atom stereocenters. The van der Waals surface area contributed by atoms with Crippen molar-refractivity contribution in [2.45, 2.75) is 54.4 Å². The van der Waals surface area contributed by atoms with Crippen LogP contribution in [0.15, 0.2) is 60.7 Å². The molecule has 1 fully saturated rings. The number of hydrogen-bond donors (Lipinski definition) is 1. The van der Waals surface area contributed by atoms with Gasteiger partial charge in [-0.1, -0.05) is 0 Å². The second-order valence-corrected chi connectivity index (χ2v) is 13.9. The summed E-state index contributed by atoms with van der Waals surface area (Å²) in [4.78, 5) is 0.197. The van der Waals surface area contributed by atoms with Gasteiger partial charge in [0, 0.05) is 0 Å². The summed E-state index contributed by atoms with van der Waals surface area (Å²) in [5.74, 6) is 0. The molecule has 1 aliphatic rings. The van der Waals surface area contributed by atoms with Gasteiger partial charge in [0.2, 0.25) is 0 Å². The summed E-state index contributed by atoms with van der Waals surface area (Å²) in [6.07, 6.45) is 2.37. The molecule has 140 valence electrons. The third-order valence-electron chi connectivity index (χ3n) is 5.08. The van der Waals surface area contributed by atoms with E-state index in [1.165, 1.54) is 8.92 Å². The van der Waals surface area contributed by atoms with Crippen LogP contribution in [0.2, 0.25) is 9.13 Å². The fourth-order valence-electron chi connectivity index (χ4n) is 3.46. The molecule has 2 aromatic carbocycles. The molecule has 0 aliphatic carbocycles. The Balaban J connectivity index is 1.68. The van der Waals surface area contributed by atoms with E-state index in [-0.39, 0.29) is 42.4 Å². The first-order chi connectivity index (χ1) is 12.4. The van der Waals surface area contributed by atoms with Gasteiger partial charge in [-0.15, -0.1) is 0 Å². The van der Waals surface area contributed by atoms with Crippen LogP contribution in [-0.4, -0.2) is 53.3 Å². The summed E-state index contributed by atoms with van der Waals surface area (Å²) in [5, 5.41) is 10.1. The van der Waals surface area contributed by atoms with Crippen LogP contribution in [0.1, 0.15) is 33.6 Å². The summed E-state index contributed by atoms with van der Waals surface area (Å²) in [7, 11) is 0. The van der Waals surface area contributed by atoms with Gasteiger partial charge in [-0.25, -0.2) is 0 Å². The van der Waals surface area contributed by atoms with Crippen LogP contribution < -0.4 is 8.92 Å². The first-order valence-electron chi connectivity index (χ1n) is 9.17. The van der Waals surface area contributed by atoms with Crippen LogP contribution in [0.3, 0.4) is 0 Å². The first kappa shape index (κ1) is 20.1. The van der Waals surface area contributed by atoms with Gasteiger partial charge in [0.25, 0.3) is 0 Å². The van der Waals surface area contributed by atoms with E-state index in [1.807, 2.05) is 6.07 Å². The SMILES string of the molecule is CC1(C(CO)[Se]c2ccccc2)CCC(C(C)(C)[Se]c2ccccc2)O1. The molecule has 3 atom stereocenters. The molecule has 0 radical (unpaired) electrons. The minimum absolute atomic E-state index is 0.145. The fraction of sp³-hybridized carbons (Fsp3) is 0.455. The van der Waals surface area contributed by atoms with Gasteiger partial charge in [-0.05, 0) is 0 Å². The molecule has 0 amide bonds. The zero-order chi connectivity index (χ0) is 18.6. The van der Waals surface area contributed by atoms with Gasteiger partial charge in [-0.3, -0.25) is 0 Å². The van der Waals surface area contributed by atoms with Crippen molar-refractivity contribution in [1.82, 2.24) is 0 Å². The molecular formula is C22H28O2Se2. The van der Waals surface area contributed by atoms with Crippen LogP contribution in [0.4, 0.5) is 0 Å². The number of benzene rings is 2. The molecule has 0 spiro atoms. The van der Waals surface area contributed by atoms with Crippen molar-refractivity contribution in [1.29, 1.82) is 0 Å². The van der Waals surface area contributed by atoms with Crippen molar-refractivity contribution >= 4 is 38.8 Å². The molecule has 0 bridgehead atoms. The molecule has 0 aromatic heterocycles. The van der Waals surface area contributed by atoms with E-state index in [2.05, 4.69) is 75.4 Å². The van der Waals surface area contributed by atoms with Crippen molar-refractivity contribution in [2.24, 2.45) is 0 Å². The average molecular weight is 482 g/mol. The van der Waals surface area contributed by atoms with E-state index >= 15 is 0 Å². The Kier molecular flexibility index (Phi) is 6.67. The Morgan fingerprint density at radius 3 is 2.23 bits per heavy atom. The van der Waals surface area contributed by atoms with Crippen molar-refractivity contribution in [3.8, 4) is 0 Å². The van der Waals surface area contributed by atoms with E-state index in [0.717, 1.165) is 12.8 Å². The van der Waals surface area contributed by atoms with Crippen LogP contribution in [-0.2, 0) is 4.74 Å². The van der Waals surface area contributed by atoms with Gasteiger partial charge in [0.1, 0.15) is 0 Å². The van der Waals surface area contributed by atoms with Crippen LogP contribution in [0.25, 0.3) is 0 Å². The molecular weight excluding hydrogens is 454 g/mol. The van der Waals surface area contributed by atoms with Crippen molar-refractivity contribution in [3.05, 3.63) is 60.7 Å². The molecule has 1 saturated heterocycles. The molecule has 4 heteroatoms. The second-order valence-electron chi connectivity index (χ2n) is 7.58. The molecule has 1 N–H and O–H groups in total. The maximum absolute atomic E-state index is 10.1. The Morgan fingerprint density at radius 2 is 1.65 bits per heavy atom. The van der Waals surface area contributed by atoms with Crippen molar-refractivity contribution < 1.29 is 9.84 Å². The van der Waals surface area contributed by atoms with Gasteiger partial charge < -0.3 is 0 Å². The van der Waals surface area contributed by atoms with E-state index in [1.54, 1.807) is 0 Å². The topological polar surface area (TPSA) is 29.5 Å². The number of hydrogen-bond acceptors (Lipinski definition) is 2.